The van der Waals surface area contributed by atoms with Crippen molar-refractivity contribution in [2.45, 2.75) is 58.0 Å². The van der Waals surface area contributed by atoms with Crippen molar-refractivity contribution in [1.29, 1.82) is 0 Å². The first-order chi connectivity index (χ1) is 7.08. The first kappa shape index (κ1) is 11.4. The molecular weight excluding hydrogens is 184 g/mol. The molecule has 1 saturated carbocycles. The van der Waals surface area contributed by atoms with Gasteiger partial charge in [-0.05, 0) is 39.5 Å². The summed E-state index contributed by atoms with van der Waals surface area (Å²) in [6.45, 7) is 10.7. The fourth-order valence-corrected chi connectivity index (χ4v) is 3.27. The van der Waals surface area contributed by atoms with Gasteiger partial charge in [0, 0.05) is 31.2 Å². The molecule has 2 aliphatic rings. The van der Waals surface area contributed by atoms with E-state index in [2.05, 4.69) is 31.0 Å². The summed E-state index contributed by atoms with van der Waals surface area (Å²) in [6, 6.07) is 0.800. The van der Waals surface area contributed by atoms with Crippen molar-refractivity contribution in [1.82, 2.24) is 10.2 Å². The largest absolute Gasteiger partial charge is 0.309 e. The van der Waals surface area contributed by atoms with Crippen LogP contribution in [0.2, 0.25) is 0 Å². The summed E-state index contributed by atoms with van der Waals surface area (Å²) in [5, 5.41) is 3.59. The predicted octanol–water partition coefficient (Wildman–Crippen LogP) is 2.25. The van der Waals surface area contributed by atoms with E-state index in [-0.39, 0.29) is 0 Å². The van der Waals surface area contributed by atoms with Crippen LogP contribution < -0.4 is 5.32 Å². The van der Waals surface area contributed by atoms with Gasteiger partial charge in [0.05, 0.1) is 0 Å². The predicted molar refractivity (Wildman–Crippen MR) is 65.1 cm³/mol. The second kappa shape index (κ2) is 4.42. The summed E-state index contributed by atoms with van der Waals surface area (Å²) in [5.74, 6) is 0.971. The highest BCUT2D eigenvalue weighted by molar-refractivity contribution is 4.91. The van der Waals surface area contributed by atoms with Crippen LogP contribution in [-0.2, 0) is 0 Å². The number of hydrogen-bond acceptors (Lipinski definition) is 2. The molecule has 0 aromatic rings. The number of rotatable bonds is 2. The summed E-state index contributed by atoms with van der Waals surface area (Å²) < 4.78 is 0. The third-order valence-electron chi connectivity index (χ3n) is 4.26. The molecule has 1 heterocycles. The Balaban J connectivity index is 1.91. The van der Waals surface area contributed by atoms with Gasteiger partial charge in [-0.15, -0.1) is 0 Å². The Morgan fingerprint density at radius 3 is 2.53 bits per heavy atom. The summed E-state index contributed by atoms with van der Waals surface area (Å²) >= 11 is 0. The monoisotopic (exact) mass is 210 g/mol. The van der Waals surface area contributed by atoms with E-state index in [1.54, 1.807) is 0 Å². The molecule has 2 rings (SSSR count). The van der Waals surface area contributed by atoms with Gasteiger partial charge in [-0.25, -0.2) is 0 Å². The Kier molecular flexibility index (Phi) is 3.36. The number of hydrogen-bond donors (Lipinski definition) is 1. The molecule has 1 aliphatic carbocycles. The third kappa shape index (κ3) is 2.73. The van der Waals surface area contributed by atoms with Gasteiger partial charge in [0.1, 0.15) is 0 Å². The van der Waals surface area contributed by atoms with Crippen molar-refractivity contribution >= 4 is 0 Å². The smallest absolute Gasteiger partial charge is 0.0252 e. The van der Waals surface area contributed by atoms with Gasteiger partial charge in [0.25, 0.3) is 0 Å². The first-order valence-electron chi connectivity index (χ1n) is 6.57. The molecule has 2 fully saturated rings. The molecule has 1 saturated heterocycles. The lowest BCUT2D eigenvalue weighted by molar-refractivity contribution is 0.0870. The summed E-state index contributed by atoms with van der Waals surface area (Å²) in [7, 11) is 0. The number of nitrogens with zero attached hydrogens (tertiary/aromatic N) is 1. The average Bonchev–Trinajstić information content (AvgIpc) is 2.67. The van der Waals surface area contributed by atoms with Crippen LogP contribution in [-0.4, -0.2) is 36.1 Å². The van der Waals surface area contributed by atoms with E-state index in [0.29, 0.717) is 5.54 Å². The maximum Gasteiger partial charge on any atom is 0.0252 e. The standard InChI is InChI=1S/C13H26N2/c1-11(12-6-4-5-7-12)15-9-8-14-13(2,3)10-15/h11-12,14H,4-10H2,1-3H3. The molecule has 2 heteroatoms. The van der Waals surface area contributed by atoms with Gasteiger partial charge in [-0.2, -0.15) is 0 Å². The second-order valence-electron chi connectivity index (χ2n) is 6.07. The van der Waals surface area contributed by atoms with E-state index in [1.165, 1.54) is 38.8 Å². The molecule has 1 unspecified atom stereocenters. The van der Waals surface area contributed by atoms with Gasteiger partial charge >= 0.3 is 0 Å². The second-order valence-corrected chi connectivity index (χ2v) is 6.07. The lowest BCUT2D eigenvalue weighted by Crippen LogP contribution is -2.59. The fraction of sp³-hybridized carbons (Fsp3) is 1.00. The molecule has 0 amide bonds. The van der Waals surface area contributed by atoms with Crippen LogP contribution in [0.1, 0.15) is 46.5 Å². The summed E-state index contributed by atoms with van der Waals surface area (Å²) in [4.78, 5) is 2.70. The van der Waals surface area contributed by atoms with E-state index in [1.807, 2.05) is 0 Å². The average molecular weight is 210 g/mol. The Morgan fingerprint density at radius 2 is 1.93 bits per heavy atom. The molecule has 1 N–H and O–H groups in total. The van der Waals surface area contributed by atoms with Crippen LogP contribution in [0.5, 0.6) is 0 Å². The minimum absolute atomic E-state index is 0.311. The van der Waals surface area contributed by atoms with E-state index < -0.39 is 0 Å². The molecule has 2 nitrogen and oxygen atoms in total. The van der Waals surface area contributed by atoms with Gasteiger partial charge in [-0.1, -0.05) is 12.8 Å². The zero-order chi connectivity index (χ0) is 10.9. The SMILES string of the molecule is CC(C1CCCC1)N1CCNC(C)(C)C1. The Hall–Kier alpha value is -0.0800. The molecule has 0 bridgehead atoms. The van der Waals surface area contributed by atoms with Crippen LogP contribution >= 0.6 is 0 Å². The maximum absolute atomic E-state index is 3.59. The lowest BCUT2D eigenvalue weighted by atomic mass is 9.94. The first-order valence-corrected chi connectivity index (χ1v) is 6.57. The quantitative estimate of drug-likeness (QED) is 0.752. The third-order valence-corrected chi connectivity index (χ3v) is 4.26. The van der Waals surface area contributed by atoms with Crippen LogP contribution in [0.4, 0.5) is 0 Å². The minimum Gasteiger partial charge on any atom is -0.309 e. The molecule has 0 aromatic heterocycles. The molecule has 0 radical (unpaired) electrons. The zero-order valence-corrected chi connectivity index (χ0v) is 10.6. The molecule has 88 valence electrons. The van der Waals surface area contributed by atoms with Gasteiger partial charge in [0.15, 0.2) is 0 Å². The fourth-order valence-electron chi connectivity index (χ4n) is 3.27. The van der Waals surface area contributed by atoms with E-state index in [4.69, 9.17) is 0 Å². The number of nitrogens with one attached hydrogen (secondary N) is 1. The minimum atomic E-state index is 0.311. The lowest BCUT2D eigenvalue weighted by Gasteiger charge is -2.43. The van der Waals surface area contributed by atoms with Crippen LogP contribution in [0.15, 0.2) is 0 Å². The summed E-state index contributed by atoms with van der Waals surface area (Å²) in [6.07, 6.45) is 5.85. The number of piperazine rings is 1. The van der Waals surface area contributed by atoms with E-state index >= 15 is 0 Å². The van der Waals surface area contributed by atoms with Crippen LogP contribution in [0.25, 0.3) is 0 Å². The van der Waals surface area contributed by atoms with Crippen molar-refractivity contribution < 1.29 is 0 Å². The Morgan fingerprint density at radius 1 is 1.27 bits per heavy atom. The van der Waals surface area contributed by atoms with E-state index in [9.17, 15) is 0 Å². The normalized spacial score (nSPS) is 30.6. The van der Waals surface area contributed by atoms with Gasteiger partial charge < -0.3 is 5.32 Å². The highest BCUT2D eigenvalue weighted by atomic mass is 15.2. The molecule has 0 spiro atoms. The van der Waals surface area contributed by atoms with Crippen molar-refractivity contribution in [2.24, 2.45) is 5.92 Å². The van der Waals surface area contributed by atoms with Crippen LogP contribution in [0.3, 0.4) is 0 Å². The molecular formula is C13H26N2. The zero-order valence-electron chi connectivity index (χ0n) is 10.6. The molecule has 15 heavy (non-hydrogen) atoms. The van der Waals surface area contributed by atoms with Crippen molar-refractivity contribution in [3.8, 4) is 0 Å². The molecule has 1 atom stereocenters. The highest BCUT2D eigenvalue weighted by Gasteiger charge is 2.32. The Bertz CT molecular complexity index is 207. The van der Waals surface area contributed by atoms with Crippen molar-refractivity contribution in [2.75, 3.05) is 19.6 Å². The Labute approximate surface area is 94.4 Å². The summed E-state index contributed by atoms with van der Waals surface area (Å²) in [5.41, 5.74) is 0.311. The highest BCUT2D eigenvalue weighted by Crippen LogP contribution is 2.31. The van der Waals surface area contributed by atoms with Crippen molar-refractivity contribution in [3.05, 3.63) is 0 Å². The van der Waals surface area contributed by atoms with Gasteiger partial charge in [-0.3, -0.25) is 4.90 Å². The van der Waals surface area contributed by atoms with Gasteiger partial charge in [0.2, 0.25) is 0 Å². The van der Waals surface area contributed by atoms with Crippen LogP contribution in [0, 0.1) is 5.92 Å². The molecule has 0 aromatic carbocycles. The topological polar surface area (TPSA) is 15.3 Å². The van der Waals surface area contributed by atoms with E-state index in [0.717, 1.165) is 18.5 Å². The molecule has 1 aliphatic heterocycles. The maximum atomic E-state index is 3.59. The van der Waals surface area contributed by atoms with Crippen molar-refractivity contribution in [3.63, 3.8) is 0 Å².